The molecule has 1 unspecified atom stereocenters. The highest BCUT2D eigenvalue weighted by Gasteiger charge is 2.17. The van der Waals surface area contributed by atoms with Crippen molar-refractivity contribution in [2.75, 3.05) is 0 Å². The first-order valence-corrected chi connectivity index (χ1v) is 7.54. The second-order valence-electron chi connectivity index (χ2n) is 4.91. The largest absolute Gasteiger partial charge is 0.372 e. The maximum atomic E-state index is 6.34. The van der Waals surface area contributed by atoms with Crippen molar-refractivity contribution < 1.29 is 4.74 Å². The Hall–Kier alpha value is -0.830. The number of aryl methyl sites for hydroxylation is 1. The van der Waals surface area contributed by atoms with E-state index in [0.29, 0.717) is 6.61 Å². The molecule has 98 valence electrons. The topological polar surface area (TPSA) is 9.23 Å². The molecule has 2 aromatic carbocycles. The fourth-order valence-electron chi connectivity index (χ4n) is 2.37. The van der Waals surface area contributed by atoms with Gasteiger partial charge in [-0.1, -0.05) is 57.9 Å². The summed E-state index contributed by atoms with van der Waals surface area (Å²) in [6.45, 7) is 3.49. The summed E-state index contributed by atoms with van der Waals surface area (Å²) in [6, 6.07) is 12.7. The third-order valence-electron chi connectivity index (χ3n) is 3.47. The van der Waals surface area contributed by atoms with E-state index in [1.807, 2.05) is 13.0 Å². The van der Waals surface area contributed by atoms with E-state index in [1.54, 1.807) is 0 Å². The summed E-state index contributed by atoms with van der Waals surface area (Å²) in [4.78, 5) is 0.117. The molecule has 2 aromatic rings. The van der Waals surface area contributed by atoms with Gasteiger partial charge in [0.15, 0.2) is 0 Å². The lowest BCUT2D eigenvalue weighted by molar-refractivity contribution is 0.134. The van der Waals surface area contributed by atoms with Gasteiger partial charge in [0.05, 0.1) is 18.0 Å². The molecule has 1 aliphatic rings. The number of alkyl halides is 1. The molecule has 0 fully saturated rings. The van der Waals surface area contributed by atoms with E-state index in [0.717, 1.165) is 17.2 Å². The highest BCUT2D eigenvalue weighted by atomic mass is 79.9. The molecule has 3 rings (SSSR count). The zero-order valence-electron chi connectivity index (χ0n) is 10.6. The van der Waals surface area contributed by atoms with E-state index in [9.17, 15) is 0 Å². The lowest BCUT2D eigenvalue weighted by atomic mass is 10.00. The fourth-order valence-corrected chi connectivity index (χ4v) is 3.53. The van der Waals surface area contributed by atoms with E-state index in [1.165, 1.54) is 22.3 Å². The number of hydrogen-bond donors (Lipinski definition) is 0. The van der Waals surface area contributed by atoms with Gasteiger partial charge in [0, 0.05) is 5.02 Å². The molecule has 0 N–H and O–H groups in total. The predicted molar refractivity (Wildman–Crippen MR) is 81.9 cm³/mol. The van der Waals surface area contributed by atoms with Crippen LogP contribution in [0.3, 0.4) is 0 Å². The Morgan fingerprint density at radius 1 is 1.11 bits per heavy atom. The minimum atomic E-state index is 0.117. The van der Waals surface area contributed by atoms with Gasteiger partial charge in [-0.05, 0) is 40.8 Å². The zero-order valence-corrected chi connectivity index (χ0v) is 13.0. The van der Waals surface area contributed by atoms with Gasteiger partial charge in [-0.2, -0.15) is 0 Å². The van der Waals surface area contributed by atoms with Crippen LogP contribution < -0.4 is 0 Å². The second kappa shape index (κ2) is 5.28. The van der Waals surface area contributed by atoms with Crippen molar-refractivity contribution in [3.63, 3.8) is 0 Å². The third kappa shape index (κ3) is 2.58. The standard InChI is InChI=1S/C16H14BrClO/c1-10-2-5-14(15(18)6-10)16(17)11-3-4-12-8-19-9-13(12)7-11/h2-7,16H,8-9H2,1H3. The monoisotopic (exact) mass is 336 g/mol. The molecule has 0 radical (unpaired) electrons. The molecule has 0 bridgehead atoms. The van der Waals surface area contributed by atoms with Crippen molar-refractivity contribution in [2.24, 2.45) is 0 Å². The lowest BCUT2D eigenvalue weighted by Gasteiger charge is -2.14. The quantitative estimate of drug-likeness (QED) is 0.688. The predicted octanol–water partition coefficient (Wildman–Crippen LogP) is 5.16. The van der Waals surface area contributed by atoms with Gasteiger partial charge in [0.2, 0.25) is 0 Å². The average Bonchev–Trinajstić information content (AvgIpc) is 2.85. The first-order chi connectivity index (χ1) is 9.15. The summed E-state index contributed by atoms with van der Waals surface area (Å²) in [5.41, 5.74) is 6.07. The maximum Gasteiger partial charge on any atom is 0.0725 e. The normalized spacial score (nSPS) is 15.3. The van der Waals surface area contributed by atoms with Crippen LogP contribution in [0.2, 0.25) is 5.02 Å². The Bertz CT molecular complexity index is 624. The molecule has 1 aliphatic heterocycles. The highest BCUT2D eigenvalue weighted by Crippen LogP contribution is 2.37. The fraction of sp³-hybridized carbons (Fsp3) is 0.250. The SMILES string of the molecule is Cc1ccc(C(Br)c2ccc3c(c2)COC3)c(Cl)c1. The third-order valence-corrected chi connectivity index (χ3v) is 4.82. The molecule has 1 nitrogen and oxygen atoms in total. The number of hydrogen-bond acceptors (Lipinski definition) is 1. The van der Waals surface area contributed by atoms with Crippen LogP contribution in [0.4, 0.5) is 0 Å². The first kappa shape index (κ1) is 13.2. The van der Waals surface area contributed by atoms with Crippen molar-refractivity contribution in [2.45, 2.75) is 25.0 Å². The summed E-state index contributed by atoms with van der Waals surface area (Å²) in [6.07, 6.45) is 0. The smallest absolute Gasteiger partial charge is 0.0725 e. The van der Waals surface area contributed by atoms with Crippen LogP contribution in [-0.4, -0.2) is 0 Å². The molecular formula is C16H14BrClO. The minimum Gasteiger partial charge on any atom is -0.372 e. The van der Waals surface area contributed by atoms with Crippen molar-refractivity contribution >= 4 is 27.5 Å². The van der Waals surface area contributed by atoms with Gasteiger partial charge in [-0.15, -0.1) is 0 Å². The van der Waals surface area contributed by atoms with Crippen LogP contribution in [0, 0.1) is 6.92 Å². The van der Waals surface area contributed by atoms with Crippen LogP contribution >= 0.6 is 27.5 Å². The number of benzene rings is 2. The molecule has 0 aromatic heterocycles. The Kier molecular flexibility index (Phi) is 3.66. The maximum absolute atomic E-state index is 6.34. The summed E-state index contributed by atoms with van der Waals surface area (Å²) in [5.74, 6) is 0. The van der Waals surface area contributed by atoms with E-state index in [4.69, 9.17) is 16.3 Å². The minimum absolute atomic E-state index is 0.117. The van der Waals surface area contributed by atoms with E-state index in [-0.39, 0.29) is 4.83 Å². The Balaban J connectivity index is 1.97. The van der Waals surface area contributed by atoms with Crippen molar-refractivity contribution in [1.29, 1.82) is 0 Å². The molecule has 1 heterocycles. The van der Waals surface area contributed by atoms with Crippen LogP contribution in [0.1, 0.15) is 32.6 Å². The molecule has 19 heavy (non-hydrogen) atoms. The summed E-state index contributed by atoms with van der Waals surface area (Å²) in [5, 5.41) is 0.804. The zero-order chi connectivity index (χ0) is 13.4. The van der Waals surface area contributed by atoms with Gasteiger partial charge in [-0.3, -0.25) is 0 Å². The van der Waals surface area contributed by atoms with Crippen LogP contribution in [-0.2, 0) is 18.0 Å². The van der Waals surface area contributed by atoms with E-state index >= 15 is 0 Å². The van der Waals surface area contributed by atoms with Crippen molar-refractivity contribution in [3.8, 4) is 0 Å². The van der Waals surface area contributed by atoms with Gasteiger partial charge in [0.1, 0.15) is 0 Å². The van der Waals surface area contributed by atoms with Crippen LogP contribution in [0.15, 0.2) is 36.4 Å². The van der Waals surface area contributed by atoms with Gasteiger partial charge < -0.3 is 4.74 Å². The van der Waals surface area contributed by atoms with Crippen LogP contribution in [0.5, 0.6) is 0 Å². The molecule has 1 atom stereocenters. The number of ether oxygens (including phenoxy) is 1. The lowest BCUT2D eigenvalue weighted by Crippen LogP contribution is -1.96. The molecule has 0 amide bonds. The molecular weight excluding hydrogens is 324 g/mol. The Labute approximate surface area is 126 Å². The molecule has 0 saturated heterocycles. The summed E-state index contributed by atoms with van der Waals surface area (Å²) in [7, 11) is 0. The molecule has 0 saturated carbocycles. The number of fused-ring (bicyclic) bond motifs is 1. The average molecular weight is 338 g/mol. The van der Waals surface area contributed by atoms with Gasteiger partial charge in [-0.25, -0.2) is 0 Å². The highest BCUT2D eigenvalue weighted by molar-refractivity contribution is 9.09. The first-order valence-electron chi connectivity index (χ1n) is 6.25. The van der Waals surface area contributed by atoms with E-state index in [2.05, 4.69) is 46.3 Å². The van der Waals surface area contributed by atoms with Gasteiger partial charge in [0.25, 0.3) is 0 Å². The van der Waals surface area contributed by atoms with Crippen LogP contribution in [0.25, 0.3) is 0 Å². The van der Waals surface area contributed by atoms with Crippen molar-refractivity contribution in [1.82, 2.24) is 0 Å². The molecule has 0 aliphatic carbocycles. The number of halogens is 2. The summed E-state index contributed by atoms with van der Waals surface area (Å²) >= 11 is 10.1. The second-order valence-corrected chi connectivity index (χ2v) is 6.23. The number of rotatable bonds is 2. The Morgan fingerprint density at radius 3 is 2.68 bits per heavy atom. The van der Waals surface area contributed by atoms with Crippen molar-refractivity contribution in [3.05, 3.63) is 69.2 Å². The molecule has 0 spiro atoms. The van der Waals surface area contributed by atoms with Gasteiger partial charge >= 0.3 is 0 Å². The molecule has 3 heteroatoms. The summed E-state index contributed by atoms with van der Waals surface area (Å²) < 4.78 is 5.45. The van der Waals surface area contributed by atoms with E-state index < -0.39 is 0 Å². The Morgan fingerprint density at radius 2 is 1.89 bits per heavy atom.